The first-order valence-electron chi connectivity index (χ1n) is 6.31. The van der Waals surface area contributed by atoms with Gasteiger partial charge in [-0.15, -0.1) is 0 Å². The van der Waals surface area contributed by atoms with Gasteiger partial charge in [0.15, 0.2) is 0 Å². The average Bonchev–Trinajstić information content (AvgIpc) is 2.37. The third-order valence-electron chi connectivity index (χ3n) is 4.21. The van der Waals surface area contributed by atoms with Crippen LogP contribution in [0.15, 0.2) is 24.3 Å². The van der Waals surface area contributed by atoms with Gasteiger partial charge in [-0.3, -0.25) is 29.8 Å². The van der Waals surface area contributed by atoms with E-state index in [1.54, 1.807) is 0 Å². The van der Waals surface area contributed by atoms with Crippen molar-refractivity contribution in [1.82, 2.24) is 10.6 Å². The molecule has 2 fully saturated rings. The number of rotatable bonds is 1. The van der Waals surface area contributed by atoms with Crippen molar-refractivity contribution < 1.29 is 23.6 Å². The Morgan fingerprint density at radius 1 is 0.857 bits per heavy atom. The molecule has 0 saturated carbocycles. The van der Waals surface area contributed by atoms with Gasteiger partial charge in [-0.25, -0.2) is 4.39 Å². The van der Waals surface area contributed by atoms with Crippen molar-refractivity contribution in [3.8, 4) is 0 Å². The van der Waals surface area contributed by atoms with Crippen LogP contribution in [0.3, 0.4) is 0 Å². The molecule has 108 valence electrons. The van der Waals surface area contributed by atoms with Crippen molar-refractivity contribution in [2.24, 2.45) is 11.8 Å². The third kappa shape index (κ3) is 1.70. The maximum atomic E-state index is 13.1. The standard InChI is InChI=1S/C14H11FN2O4/c1-14(6-2-4-7(15)5-3-6)8-10(18)16-12(20)9(14)13(21)17-11(8)19/h2-5,8-9H,1H3,(H,16,18,20)(H,17,19,21). The molecule has 4 amide bonds. The van der Waals surface area contributed by atoms with E-state index in [9.17, 15) is 23.6 Å². The normalized spacial score (nSPS) is 31.7. The van der Waals surface area contributed by atoms with Crippen LogP contribution in [-0.4, -0.2) is 23.6 Å². The zero-order valence-corrected chi connectivity index (χ0v) is 11.0. The summed E-state index contributed by atoms with van der Waals surface area (Å²) in [5.41, 5.74) is -0.933. The fraction of sp³-hybridized carbons (Fsp3) is 0.286. The number of hydrogen-bond donors (Lipinski definition) is 2. The molecule has 2 bridgehead atoms. The molecule has 1 aromatic carbocycles. The van der Waals surface area contributed by atoms with Crippen LogP contribution in [-0.2, 0) is 24.6 Å². The Bertz CT molecular complexity index is 621. The molecule has 1 aromatic rings. The van der Waals surface area contributed by atoms with Gasteiger partial charge in [0, 0.05) is 5.41 Å². The highest BCUT2D eigenvalue weighted by atomic mass is 19.1. The SMILES string of the molecule is CC1(c2ccc(F)cc2)C2C(=O)NC(=O)C1C(=O)NC2=O. The number of fused-ring (bicyclic) bond motifs is 2. The lowest BCUT2D eigenvalue weighted by molar-refractivity contribution is -0.159. The van der Waals surface area contributed by atoms with Crippen LogP contribution in [0.4, 0.5) is 4.39 Å². The lowest BCUT2D eigenvalue weighted by atomic mass is 9.58. The summed E-state index contributed by atoms with van der Waals surface area (Å²) in [6, 6.07) is 5.09. The van der Waals surface area contributed by atoms with E-state index in [-0.39, 0.29) is 0 Å². The number of benzene rings is 1. The predicted octanol–water partition coefficient (Wildman–Crippen LogP) is -0.371. The Hall–Kier alpha value is -2.57. The monoisotopic (exact) mass is 290 g/mol. The maximum Gasteiger partial charge on any atom is 0.240 e. The first-order valence-corrected chi connectivity index (χ1v) is 6.31. The highest BCUT2D eigenvalue weighted by molar-refractivity contribution is 6.23. The number of piperidine rings is 2. The minimum absolute atomic E-state index is 0.394. The number of carbonyl (C=O) groups is 4. The topological polar surface area (TPSA) is 92.3 Å². The molecule has 2 aliphatic heterocycles. The van der Waals surface area contributed by atoms with Crippen molar-refractivity contribution in [2.75, 3.05) is 0 Å². The molecular formula is C14H11FN2O4. The lowest BCUT2D eigenvalue weighted by Gasteiger charge is -2.47. The number of imide groups is 2. The summed E-state index contributed by atoms with van der Waals surface area (Å²) in [7, 11) is 0. The van der Waals surface area contributed by atoms with Crippen LogP contribution in [0.2, 0.25) is 0 Å². The minimum Gasteiger partial charge on any atom is -0.295 e. The van der Waals surface area contributed by atoms with Gasteiger partial charge < -0.3 is 0 Å². The first-order chi connectivity index (χ1) is 9.85. The zero-order valence-electron chi connectivity index (χ0n) is 11.0. The third-order valence-corrected chi connectivity index (χ3v) is 4.21. The molecule has 2 heterocycles. The van der Waals surface area contributed by atoms with Crippen LogP contribution in [0.25, 0.3) is 0 Å². The minimum atomic E-state index is -1.33. The Labute approximate surface area is 118 Å². The van der Waals surface area contributed by atoms with Crippen LogP contribution in [0.5, 0.6) is 0 Å². The van der Waals surface area contributed by atoms with Crippen molar-refractivity contribution in [2.45, 2.75) is 12.3 Å². The summed E-state index contributed by atoms with van der Waals surface area (Å²) in [6.07, 6.45) is 0. The van der Waals surface area contributed by atoms with Crippen molar-refractivity contribution >= 4 is 23.6 Å². The van der Waals surface area contributed by atoms with Crippen molar-refractivity contribution in [1.29, 1.82) is 0 Å². The Balaban J connectivity index is 2.23. The van der Waals surface area contributed by atoms with Crippen LogP contribution >= 0.6 is 0 Å². The van der Waals surface area contributed by atoms with E-state index >= 15 is 0 Å². The first kappa shape index (κ1) is 13.4. The molecule has 0 unspecified atom stereocenters. The van der Waals surface area contributed by atoms with E-state index in [1.807, 2.05) is 10.6 Å². The Morgan fingerprint density at radius 2 is 1.24 bits per heavy atom. The van der Waals surface area contributed by atoms with Gasteiger partial charge in [-0.1, -0.05) is 19.1 Å². The van der Waals surface area contributed by atoms with Gasteiger partial charge in [0.1, 0.15) is 17.7 Å². The van der Waals surface area contributed by atoms with E-state index < -0.39 is 46.7 Å². The molecule has 2 saturated heterocycles. The zero-order chi connectivity index (χ0) is 15.4. The second-order valence-electron chi connectivity index (χ2n) is 5.36. The average molecular weight is 290 g/mol. The molecule has 0 aliphatic carbocycles. The number of amides is 4. The fourth-order valence-corrected chi connectivity index (χ4v) is 3.17. The molecular weight excluding hydrogens is 279 g/mol. The highest BCUT2D eigenvalue weighted by Crippen LogP contribution is 2.44. The highest BCUT2D eigenvalue weighted by Gasteiger charge is 2.62. The van der Waals surface area contributed by atoms with Crippen LogP contribution in [0.1, 0.15) is 12.5 Å². The molecule has 2 aliphatic rings. The van der Waals surface area contributed by atoms with Gasteiger partial charge in [0.25, 0.3) is 0 Å². The molecule has 0 radical (unpaired) electrons. The molecule has 7 heteroatoms. The summed E-state index contributed by atoms with van der Waals surface area (Å²) in [4.78, 5) is 48.0. The lowest BCUT2D eigenvalue weighted by Crippen LogP contribution is -2.71. The maximum absolute atomic E-state index is 13.1. The fourth-order valence-electron chi connectivity index (χ4n) is 3.17. The molecule has 0 atom stereocenters. The van der Waals surface area contributed by atoms with Gasteiger partial charge in [-0.2, -0.15) is 0 Å². The molecule has 0 spiro atoms. The van der Waals surface area contributed by atoms with Crippen LogP contribution < -0.4 is 10.6 Å². The molecule has 3 rings (SSSR count). The molecule has 6 nitrogen and oxygen atoms in total. The van der Waals surface area contributed by atoms with Gasteiger partial charge in [0.05, 0.1) is 0 Å². The Kier molecular flexibility index (Phi) is 2.69. The summed E-state index contributed by atoms with van der Waals surface area (Å²) in [6.45, 7) is 1.50. The summed E-state index contributed by atoms with van der Waals surface area (Å²) >= 11 is 0. The van der Waals surface area contributed by atoms with E-state index in [1.165, 1.54) is 19.1 Å². The van der Waals surface area contributed by atoms with E-state index in [0.29, 0.717) is 5.56 Å². The van der Waals surface area contributed by atoms with E-state index in [4.69, 9.17) is 0 Å². The summed E-state index contributed by atoms with van der Waals surface area (Å²) < 4.78 is 13.1. The molecule has 0 aromatic heterocycles. The smallest absolute Gasteiger partial charge is 0.240 e. The van der Waals surface area contributed by atoms with E-state index in [0.717, 1.165) is 12.1 Å². The molecule has 21 heavy (non-hydrogen) atoms. The Morgan fingerprint density at radius 3 is 1.62 bits per heavy atom. The van der Waals surface area contributed by atoms with Crippen molar-refractivity contribution in [3.63, 3.8) is 0 Å². The van der Waals surface area contributed by atoms with E-state index in [2.05, 4.69) is 0 Å². The number of hydrogen-bond acceptors (Lipinski definition) is 4. The van der Waals surface area contributed by atoms with Gasteiger partial charge in [-0.05, 0) is 17.7 Å². The summed E-state index contributed by atoms with van der Waals surface area (Å²) in [5, 5.41) is 4.09. The predicted molar refractivity (Wildman–Crippen MR) is 67.0 cm³/mol. The number of halogens is 1. The second-order valence-corrected chi connectivity index (χ2v) is 5.36. The van der Waals surface area contributed by atoms with Crippen LogP contribution in [0, 0.1) is 17.7 Å². The van der Waals surface area contributed by atoms with Gasteiger partial charge >= 0.3 is 0 Å². The quantitative estimate of drug-likeness (QED) is 0.545. The number of nitrogens with one attached hydrogen (secondary N) is 2. The molecule has 2 N–H and O–H groups in total. The number of carbonyl (C=O) groups excluding carboxylic acids is 4. The largest absolute Gasteiger partial charge is 0.295 e. The van der Waals surface area contributed by atoms with Gasteiger partial charge in [0.2, 0.25) is 23.6 Å². The van der Waals surface area contributed by atoms with Crippen molar-refractivity contribution in [3.05, 3.63) is 35.6 Å². The second kappa shape index (κ2) is 4.21. The summed E-state index contributed by atoms with van der Waals surface area (Å²) in [5.74, 6) is -5.95.